The van der Waals surface area contributed by atoms with E-state index < -0.39 is 0 Å². The van der Waals surface area contributed by atoms with Crippen LogP contribution in [0.4, 0.5) is 0 Å². The van der Waals surface area contributed by atoms with Crippen molar-refractivity contribution in [3.63, 3.8) is 0 Å². The molecule has 2 saturated carbocycles. The van der Waals surface area contributed by atoms with Crippen molar-refractivity contribution in [2.45, 2.75) is 90.1 Å². The van der Waals surface area contributed by atoms with E-state index in [0.29, 0.717) is 6.10 Å². The van der Waals surface area contributed by atoms with Crippen LogP contribution in [0.3, 0.4) is 0 Å². The van der Waals surface area contributed by atoms with E-state index in [1.54, 1.807) is 0 Å². The molecule has 0 aromatic heterocycles. The highest BCUT2D eigenvalue weighted by atomic mass is 16.5. The highest BCUT2D eigenvalue weighted by Gasteiger charge is 2.34. The van der Waals surface area contributed by atoms with Gasteiger partial charge in [0.2, 0.25) is 0 Å². The molecule has 0 aromatic carbocycles. The average molecular weight is 319 g/mol. The summed E-state index contributed by atoms with van der Waals surface area (Å²) in [6.45, 7) is 7.33. The number of hydrogen-bond donors (Lipinski definition) is 0. The molecule has 0 amide bonds. The average Bonchev–Trinajstić information content (AvgIpc) is 2.63. The quantitative estimate of drug-likeness (QED) is 0.534. The molecule has 0 N–H and O–H groups in total. The van der Waals surface area contributed by atoms with Crippen molar-refractivity contribution >= 4 is 0 Å². The molecular formula is C22H38O. The van der Waals surface area contributed by atoms with Crippen molar-refractivity contribution in [3.8, 4) is 0 Å². The van der Waals surface area contributed by atoms with Crippen LogP contribution in [-0.2, 0) is 4.74 Å². The van der Waals surface area contributed by atoms with Crippen molar-refractivity contribution < 1.29 is 4.74 Å². The summed E-state index contributed by atoms with van der Waals surface area (Å²) in [4.78, 5) is 0. The van der Waals surface area contributed by atoms with Gasteiger partial charge in [-0.2, -0.15) is 0 Å². The van der Waals surface area contributed by atoms with Crippen LogP contribution in [0.2, 0.25) is 0 Å². The molecule has 1 nitrogen and oxygen atoms in total. The maximum absolute atomic E-state index is 6.28. The largest absolute Gasteiger partial charge is 0.378 e. The zero-order valence-electron chi connectivity index (χ0n) is 15.3. The second-order valence-corrected chi connectivity index (χ2v) is 8.69. The van der Waals surface area contributed by atoms with Crippen LogP contribution in [0, 0.1) is 29.6 Å². The van der Waals surface area contributed by atoms with E-state index in [4.69, 9.17) is 4.74 Å². The first kappa shape index (κ1) is 17.5. The van der Waals surface area contributed by atoms with Gasteiger partial charge in [-0.15, -0.1) is 6.58 Å². The summed E-state index contributed by atoms with van der Waals surface area (Å²) in [6.07, 6.45) is 19.8. The standard InChI is InChI=1S/C22H38O/c1-3-5-18-8-15-22(23-16-18)21-13-11-20(12-14-21)19-9-6-17(4-2)7-10-19/h4,17-22H,2-3,5-16H2,1H3. The lowest BCUT2D eigenvalue weighted by Gasteiger charge is -2.41. The summed E-state index contributed by atoms with van der Waals surface area (Å²) in [5.41, 5.74) is 0. The minimum Gasteiger partial charge on any atom is -0.378 e. The minimum absolute atomic E-state index is 0.598. The van der Waals surface area contributed by atoms with E-state index in [9.17, 15) is 0 Å². The molecule has 3 rings (SSSR count). The molecule has 0 bridgehead atoms. The van der Waals surface area contributed by atoms with Crippen molar-refractivity contribution in [2.75, 3.05) is 6.61 Å². The van der Waals surface area contributed by atoms with Crippen LogP contribution in [0.25, 0.3) is 0 Å². The molecule has 3 fully saturated rings. The van der Waals surface area contributed by atoms with Gasteiger partial charge in [0.1, 0.15) is 0 Å². The Bertz CT molecular complexity index is 339. The molecular weight excluding hydrogens is 280 g/mol. The topological polar surface area (TPSA) is 9.23 Å². The normalized spacial score (nSPS) is 42.3. The minimum atomic E-state index is 0.598. The predicted octanol–water partition coefficient (Wildman–Crippen LogP) is 6.38. The fraction of sp³-hybridized carbons (Fsp3) is 0.909. The van der Waals surface area contributed by atoms with E-state index in [-0.39, 0.29) is 0 Å². The van der Waals surface area contributed by atoms with Crippen molar-refractivity contribution in [3.05, 3.63) is 12.7 Å². The lowest BCUT2D eigenvalue weighted by atomic mass is 9.68. The number of ether oxygens (including phenoxy) is 1. The molecule has 0 spiro atoms. The van der Waals surface area contributed by atoms with Gasteiger partial charge in [-0.25, -0.2) is 0 Å². The van der Waals surface area contributed by atoms with Gasteiger partial charge in [-0.3, -0.25) is 0 Å². The fourth-order valence-corrected chi connectivity index (χ4v) is 5.67. The maximum Gasteiger partial charge on any atom is 0.0603 e. The Labute approximate surface area is 144 Å². The Morgan fingerprint density at radius 3 is 1.96 bits per heavy atom. The first-order valence-corrected chi connectivity index (χ1v) is 10.5. The smallest absolute Gasteiger partial charge is 0.0603 e. The van der Waals surface area contributed by atoms with Gasteiger partial charge >= 0.3 is 0 Å². The predicted molar refractivity (Wildman–Crippen MR) is 98.5 cm³/mol. The summed E-state index contributed by atoms with van der Waals surface area (Å²) in [7, 11) is 0. The van der Waals surface area contributed by atoms with E-state index in [2.05, 4.69) is 19.6 Å². The fourth-order valence-electron chi connectivity index (χ4n) is 5.67. The summed E-state index contributed by atoms with van der Waals surface area (Å²) in [5.74, 6) is 4.59. The Morgan fingerprint density at radius 2 is 1.43 bits per heavy atom. The third-order valence-corrected chi connectivity index (χ3v) is 7.26. The van der Waals surface area contributed by atoms with E-state index in [1.807, 2.05) is 0 Å². The van der Waals surface area contributed by atoms with Crippen LogP contribution < -0.4 is 0 Å². The number of allylic oxidation sites excluding steroid dienone is 1. The molecule has 0 aromatic rings. The van der Waals surface area contributed by atoms with Gasteiger partial charge in [0.05, 0.1) is 6.10 Å². The molecule has 23 heavy (non-hydrogen) atoms. The molecule has 2 unspecified atom stereocenters. The second kappa shape index (κ2) is 8.70. The van der Waals surface area contributed by atoms with Gasteiger partial charge in [0, 0.05) is 6.61 Å². The van der Waals surface area contributed by atoms with E-state index in [0.717, 1.165) is 36.2 Å². The third kappa shape index (κ3) is 4.62. The molecule has 3 aliphatic rings. The SMILES string of the molecule is C=CC1CCC(C2CCC(C3CCC(CCC)CO3)CC2)CC1. The van der Waals surface area contributed by atoms with Gasteiger partial charge < -0.3 is 4.74 Å². The monoisotopic (exact) mass is 318 g/mol. The molecule has 2 aliphatic carbocycles. The third-order valence-electron chi connectivity index (χ3n) is 7.26. The summed E-state index contributed by atoms with van der Waals surface area (Å²) >= 11 is 0. The molecule has 1 saturated heterocycles. The van der Waals surface area contributed by atoms with Gasteiger partial charge in [-0.05, 0) is 100 Å². The number of rotatable bonds is 5. The first-order valence-electron chi connectivity index (χ1n) is 10.5. The molecule has 1 heterocycles. The highest BCUT2D eigenvalue weighted by molar-refractivity contribution is 4.89. The van der Waals surface area contributed by atoms with E-state index in [1.165, 1.54) is 77.0 Å². The zero-order valence-corrected chi connectivity index (χ0v) is 15.3. The molecule has 2 atom stereocenters. The van der Waals surface area contributed by atoms with Crippen LogP contribution in [0.1, 0.15) is 84.0 Å². The van der Waals surface area contributed by atoms with Gasteiger partial charge in [0.25, 0.3) is 0 Å². The summed E-state index contributed by atoms with van der Waals surface area (Å²) in [5, 5.41) is 0. The first-order chi connectivity index (χ1) is 11.3. The highest BCUT2D eigenvalue weighted by Crippen LogP contribution is 2.43. The second-order valence-electron chi connectivity index (χ2n) is 8.69. The van der Waals surface area contributed by atoms with Gasteiger partial charge in [-0.1, -0.05) is 19.4 Å². The molecule has 0 radical (unpaired) electrons. The maximum atomic E-state index is 6.28. The van der Waals surface area contributed by atoms with Crippen LogP contribution in [-0.4, -0.2) is 12.7 Å². The van der Waals surface area contributed by atoms with Crippen LogP contribution in [0.15, 0.2) is 12.7 Å². The Balaban J connectivity index is 1.38. The lowest BCUT2D eigenvalue weighted by Crippen LogP contribution is -2.35. The van der Waals surface area contributed by atoms with E-state index >= 15 is 0 Å². The zero-order chi connectivity index (χ0) is 16.1. The van der Waals surface area contributed by atoms with Gasteiger partial charge in [0.15, 0.2) is 0 Å². The Kier molecular flexibility index (Phi) is 6.62. The van der Waals surface area contributed by atoms with Crippen molar-refractivity contribution in [1.29, 1.82) is 0 Å². The van der Waals surface area contributed by atoms with Crippen molar-refractivity contribution in [2.24, 2.45) is 29.6 Å². The lowest BCUT2D eigenvalue weighted by molar-refractivity contribution is -0.0617. The molecule has 132 valence electrons. The summed E-state index contributed by atoms with van der Waals surface area (Å²) < 4.78 is 6.28. The summed E-state index contributed by atoms with van der Waals surface area (Å²) in [6, 6.07) is 0. The Morgan fingerprint density at radius 1 is 0.826 bits per heavy atom. The van der Waals surface area contributed by atoms with Crippen LogP contribution >= 0.6 is 0 Å². The van der Waals surface area contributed by atoms with Crippen molar-refractivity contribution in [1.82, 2.24) is 0 Å². The molecule has 1 aliphatic heterocycles. The number of hydrogen-bond acceptors (Lipinski definition) is 1. The Hall–Kier alpha value is -0.300. The molecule has 1 heteroatoms. The van der Waals surface area contributed by atoms with Crippen LogP contribution in [0.5, 0.6) is 0 Å².